The molecule has 0 aromatic carbocycles. The summed E-state index contributed by atoms with van der Waals surface area (Å²) in [6, 6.07) is -0.651. The minimum atomic E-state index is -3.10. The molecule has 0 bridgehead atoms. The SMILES string of the molecule is C[C@H]1[C@H](C)S(=O)(=O)CCN1C(=O)Nc1nnc(C2CC2)s1. The Kier molecular flexibility index (Phi) is 3.64. The minimum Gasteiger partial charge on any atom is -0.319 e. The van der Waals surface area contributed by atoms with Gasteiger partial charge in [-0.25, -0.2) is 13.2 Å². The van der Waals surface area contributed by atoms with E-state index in [0.29, 0.717) is 11.0 Å². The fraction of sp³-hybridized carbons (Fsp3) is 0.750. The van der Waals surface area contributed by atoms with E-state index in [-0.39, 0.29) is 24.4 Å². The van der Waals surface area contributed by atoms with Gasteiger partial charge >= 0.3 is 6.03 Å². The molecule has 0 unspecified atom stereocenters. The van der Waals surface area contributed by atoms with E-state index < -0.39 is 15.1 Å². The quantitative estimate of drug-likeness (QED) is 0.886. The molecule has 0 radical (unpaired) electrons. The topological polar surface area (TPSA) is 92.3 Å². The summed E-state index contributed by atoms with van der Waals surface area (Å²) < 4.78 is 23.7. The van der Waals surface area contributed by atoms with Gasteiger partial charge in [0.05, 0.1) is 11.0 Å². The monoisotopic (exact) mass is 330 g/mol. The Hall–Kier alpha value is -1.22. The van der Waals surface area contributed by atoms with Crippen molar-refractivity contribution in [2.24, 2.45) is 0 Å². The molecule has 21 heavy (non-hydrogen) atoms. The molecule has 3 rings (SSSR count). The van der Waals surface area contributed by atoms with Crippen LogP contribution in [0.25, 0.3) is 0 Å². The summed E-state index contributed by atoms with van der Waals surface area (Å²) in [5.74, 6) is 0.516. The van der Waals surface area contributed by atoms with Crippen LogP contribution in [-0.4, -0.2) is 53.1 Å². The van der Waals surface area contributed by atoms with Gasteiger partial charge in [-0.05, 0) is 26.7 Å². The van der Waals surface area contributed by atoms with Crippen molar-refractivity contribution in [3.8, 4) is 0 Å². The van der Waals surface area contributed by atoms with Gasteiger partial charge < -0.3 is 4.90 Å². The standard InChI is InChI=1S/C12H18N4O3S2/c1-7-8(2)21(18,19)6-5-16(7)12(17)13-11-15-14-10(20-11)9-3-4-9/h7-9H,3-6H2,1-2H3,(H,13,15,17)/t7-,8-/m0/s1. The Morgan fingerprint density at radius 1 is 1.33 bits per heavy atom. The highest BCUT2D eigenvalue weighted by atomic mass is 32.2. The van der Waals surface area contributed by atoms with E-state index in [2.05, 4.69) is 15.5 Å². The summed E-state index contributed by atoms with van der Waals surface area (Å²) in [6.07, 6.45) is 2.28. The highest BCUT2D eigenvalue weighted by molar-refractivity contribution is 7.92. The molecule has 1 aliphatic carbocycles. The first-order chi connectivity index (χ1) is 9.88. The molecule has 1 saturated carbocycles. The maximum Gasteiger partial charge on any atom is 0.324 e. The Bertz CT molecular complexity index is 653. The number of hydrogen-bond donors (Lipinski definition) is 1. The first kappa shape index (κ1) is 14.7. The normalized spacial score (nSPS) is 28.4. The number of urea groups is 1. The van der Waals surface area contributed by atoms with E-state index in [0.717, 1.165) is 17.8 Å². The number of carbonyl (C=O) groups is 1. The van der Waals surface area contributed by atoms with Gasteiger partial charge in [0.15, 0.2) is 9.84 Å². The van der Waals surface area contributed by atoms with E-state index in [1.165, 1.54) is 11.3 Å². The van der Waals surface area contributed by atoms with Crippen LogP contribution >= 0.6 is 11.3 Å². The van der Waals surface area contributed by atoms with Gasteiger partial charge in [-0.1, -0.05) is 11.3 Å². The average Bonchev–Trinajstić information content (AvgIpc) is 3.17. The first-order valence-corrected chi connectivity index (χ1v) is 9.54. The van der Waals surface area contributed by atoms with Gasteiger partial charge in [-0.15, -0.1) is 10.2 Å². The zero-order chi connectivity index (χ0) is 15.2. The summed E-state index contributed by atoms with van der Waals surface area (Å²) in [4.78, 5) is 13.8. The van der Waals surface area contributed by atoms with E-state index in [4.69, 9.17) is 0 Å². The Labute approximate surface area is 127 Å². The van der Waals surface area contributed by atoms with Gasteiger partial charge in [-0.3, -0.25) is 5.32 Å². The lowest BCUT2D eigenvalue weighted by molar-refractivity contribution is 0.191. The number of aromatic nitrogens is 2. The smallest absolute Gasteiger partial charge is 0.319 e. The third-order valence-corrected chi connectivity index (χ3v) is 7.48. The van der Waals surface area contributed by atoms with Crippen molar-refractivity contribution in [1.29, 1.82) is 0 Å². The fourth-order valence-electron chi connectivity index (χ4n) is 2.40. The molecule has 2 amide bonds. The van der Waals surface area contributed by atoms with E-state index in [1.54, 1.807) is 18.7 Å². The van der Waals surface area contributed by atoms with Gasteiger partial charge in [0, 0.05) is 18.5 Å². The second-order valence-electron chi connectivity index (χ2n) is 5.66. The summed E-state index contributed by atoms with van der Waals surface area (Å²) in [7, 11) is -3.10. The molecule has 2 aliphatic rings. The second kappa shape index (κ2) is 5.20. The molecular formula is C12H18N4O3S2. The molecular weight excluding hydrogens is 312 g/mol. The summed E-state index contributed by atoms with van der Waals surface area (Å²) in [5, 5.41) is 11.7. The molecule has 7 nitrogen and oxygen atoms in total. The molecule has 116 valence electrons. The predicted octanol–water partition coefficient (Wildman–Crippen LogP) is 1.45. The fourth-order valence-corrected chi connectivity index (χ4v) is 4.87. The van der Waals surface area contributed by atoms with Crippen molar-refractivity contribution >= 4 is 32.3 Å². The van der Waals surface area contributed by atoms with Gasteiger partial charge in [0.1, 0.15) is 5.01 Å². The lowest BCUT2D eigenvalue weighted by atomic mass is 10.2. The highest BCUT2D eigenvalue weighted by Gasteiger charge is 2.38. The van der Waals surface area contributed by atoms with Crippen LogP contribution in [-0.2, 0) is 9.84 Å². The number of anilines is 1. The zero-order valence-electron chi connectivity index (χ0n) is 11.9. The number of nitrogens with one attached hydrogen (secondary N) is 1. The van der Waals surface area contributed by atoms with Crippen molar-refractivity contribution < 1.29 is 13.2 Å². The van der Waals surface area contributed by atoms with E-state index in [9.17, 15) is 13.2 Å². The van der Waals surface area contributed by atoms with Crippen LogP contribution in [0.4, 0.5) is 9.93 Å². The predicted molar refractivity (Wildman–Crippen MR) is 80.3 cm³/mol. The second-order valence-corrected chi connectivity index (χ2v) is 9.14. The molecule has 1 N–H and O–H groups in total. The molecule has 2 heterocycles. The average molecular weight is 330 g/mol. The van der Waals surface area contributed by atoms with Crippen molar-refractivity contribution in [1.82, 2.24) is 15.1 Å². The third kappa shape index (κ3) is 2.89. The van der Waals surface area contributed by atoms with Crippen LogP contribution in [0.5, 0.6) is 0 Å². The first-order valence-electron chi connectivity index (χ1n) is 7.01. The van der Waals surface area contributed by atoms with Crippen molar-refractivity contribution in [2.45, 2.75) is 43.9 Å². The maximum absolute atomic E-state index is 12.3. The Balaban J connectivity index is 1.67. The van der Waals surface area contributed by atoms with Crippen molar-refractivity contribution in [3.05, 3.63) is 5.01 Å². The largest absolute Gasteiger partial charge is 0.324 e. The number of sulfone groups is 1. The van der Waals surface area contributed by atoms with Crippen LogP contribution in [0.2, 0.25) is 0 Å². The van der Waals surface area contributed by atoms with Crippen LogP contribution in [0.1, 0.15) is 37.6 Å². The van der Waals surface area contributed by atoms with Crippen LogP contribution in [0, 0.1) is 0 Å². The van der Waals surface area contributed by atoms with Crippen molar-refractivity contribution in [3.63, 3.8) is 0 Å². The number of nitrogens with zero attached hydrogens (tertiary/aromatic N) is 3. The summed E-state index contributed by atoms with van der Waals surface area (Å²) in [6.45, 7) is 3.63. The molecule has 1 saturated heterocycles. The lowest BCUT2D eigenvalue weighted by Gasteiger charge is -2.37. The van der Waals surface area contributed by atoms with E-state index >= 15 is 0 Å². The molecule has 9 heteroatoms. The molecule has 1 aliphatic heterocycles. The summed E-state index contributed by atoms with van der Waals surface area (Å²) in [5.41, 5.74) is 0. The minimum absolute atomic E-state index is 0.00930. The Morgan fingerprint density at radius 3 is 2.71 bits per heavy atom. The summed E-state index contributed by atoms with van der Waals surface area (Å²) >= 11 is 1.40. The number of amides is 2. The van der Waals surface area contributed by atoms with Crippen LogP contribution in [0.15, 0.2) is 0 Å². The molecule has 1 aromatic heterocycles. The van der Waals surface area contributed by atoms with Gasteiger partial charge in [-0.2, -0.15) is 0 Å². The number of hydrogen-bond acceptors (Lipinski definition) is 6. The van der Waals surface area contributed by atoms with Gasteiger partial charge in [0.25, 0.3) is 0 Å². The van der Waals surface area contributed by atoms with Crippen molar-refractivity contribution in [2.75, 3.05) is 17.6 Å². The molecule has 2 atom stereocenters. The van der Waals surface area contributed by atoms with Crippen LogP contribution in [0.3, 0.4) is 0 Å². The molecule has 2 fully saturated rings. The third-order valence-electron chi connectivity index (χ3n) is 4.20. The lowest BCUT2D eigenvalue weighted by Crippen LogP contribution is -2.55. The maximum atomic E-state index is 12.3. The number of carbonyl (C=O) groups excluding carboxylic acids is 1. The van der Waals surface area contributed by atoms with E-state index in [1.807, 2.05) is 0 Å². The molecule has 0 spiro atoms. The Morgan fingerprint density at radius 2 is 2.05 bits per heavy atom. The highest BCUT2D eigenvalue weighted by Crippen LogP contribution is 2.42. The number of rotatable bonds is 2. The zero-order valence-corrected chi connectivity index (χ0v) is 13.6. The molecule has 1 aromatic rings. The van der Waals surface area contributed by atoms with Gasteiger partial charge in [0.2, 0.25) is 5.13 Å². The van der Waals surface area contributed by atoms with Crippen LogP contribution < -0.4 is 5.32 Å².